The van der Waals surface area contributed by atoms with E-state index in [1.165, 1.54) is 21.8 Å². The van der Waals surface area contributed by atoms with Crippen molar-refractivity contribution in [3.05, 3.63) is 75.1 Å². The second-order valence-electron chi connectivity index (χ2n) is 6.44. The number of hydrogen-bond acceptors (Lipinski definition) is 5. The number of hydrogen-bond donors (Lipinski definition) is 2. The van der Waals surface area contributed by atoms with Gasteiger partial charge in [-0.2, -0.15) is 0 Å². The molecule has 1 aliphatic heterocycles. The van der Waals surface area contributed by atoms with E-state index in [0.717, 1.165) is 28.8 Å². The molecule has 0 saturated heterocycles. The Kier molecular flexibility index (Phi) is 5.45. The highest BCUT2D eigenvalue weighted by molar-refractivity contribution is 8.16. The average molecular weight is 411 g/mol. The molecule has 0 aliphatic carbocycles. The lowest BCUT2D eigenvalue weighted by molar-refractivity contribution is 0.416. The monoisotopic (exact) mass is 410 g/mol. The lowest BCUT2D eigenvalue weighted by atomic mass is 10.2. The molecule has 0 radical (unpaired) electrons. The van der Waals surface area contributed by atoms with Crippen LogP contribution in [0.1, 0.15) is 21.8 Å². The molecule has 7 heteroatoms. The number of rotatable bonds is 5. The average Bonchev–Trinajstić information content (AvgIpc) is 3.33. The summed E-state index contributed by atoms with van der Waals surface area (Å²) in [6.45, 7) is 5.23. The lowest BCUT2D eigenvalue weighted by Gasteiger charge is -2.19. The summed E-state index contributed by atoms with van der Waals surface area (Å²) in [6.07, 6.45) is 0. The number of benzene rings is 1. The summed E-state index contributed by atoms with van der Waals surface area (Å²) in [5.41, 5.74) is 12.0. The second kappa shape index (κ2) is 8.16. The Balaban J connectivity index is 1.55. The van der Waals surface area contributed by atoms with E-state index in [2.05, 4.69) is 63.2 Å². The van der Waals surface area contributed by atoms with Crippen LogP contribution in [0, 0.1) is 13.8 Å². The number of thioether (sulfide) groups is 1. The third kappa shape index (κ3) is 3.81. The van der Waals surface area contributed by atoms with Gasteiger partial charge in [0.25, 0.3) is 0 Å². The molecule has 3 heterocycles. The molecule has 1 aromatic carbocycles. The number of nitrogens with zero attached hydrogens (tertiary/aromatic N) is 2. The van der Waals surface area contributed by atoms with Crippen LogP contribution in [-0.2, 0) is 6.54 Å². The number of nitrogens with one attached hydrogen (secondary N) is 2. The SMILES string of the molecule is COc1ccccc1N=C1NNC(c2cc(C)n(Cc3cccs3)c2C)=CS1. The van der Waals surface area contributed by atoms with Crippen molar-refractivity contribution in [1.82, 2.24) is 15.4 Å². The highest BCUT2D eigenvalue weighted by Gasteiger charge is 2.17. The molecule has 0 saturated carbocycles. The molecule has 0 bridgehead atoms. The molecule has 0 atom stereocenters. The van der Waals surface area contributed by atoms with Crippen LogP contribution in [0.3, 0.4) is 0 Å². The van der Waals surface area contributed by atoms with Crippen molar-refractivity contribution in [2.45, 2.75) is 20.4 Å². The van der Waals surface area contributed by atoms with Crippen molar-refractivity contribution < 1.29 is 4.74 Å². The number of hydrazine groups is 1. The first-order chi connectivity index (χ1) is 13.7. The summed E-state index contributed by atoms with van der Waals surface area (Å²) in [7, 11) is 1.66. The van der Waals surface area contributed by atoms with Gasteiger partial charge in [0.2, 0.25) is 0 Å². The number of thiophene rings is 1. The maximum atomic E-state index is 5.37. The van der Waals surface area contributed by atoms with Gasteiger partial charge in [0, 0.05) is 27.2 Å². The van der Waals surface area contributed by atoms with Gasteiger partial charge in [0.15, 0.2) is 5.17 Å². The van der Waals surface area contributed by atoms with Crippen molar-refractivity contribution in [3.63, 3.8) is 0 Å². The number of amidine groups is 1. The number of aryl methyl sites for hydroxylation is 1. The summed E-state index contributed by atoms with van der Waals surface area (Å²) in [6, 6.07) is 14.2. The first-order valence-corrected chi connectivity index (χ1v) is 10.7. The Morgan fingerprint density at radius 3 is 2.68 bits per heavy atom. The van der Waals surface area contributed by atoms with Gasteiger partial charge in [0.1, 0.15) is 11.4 Å². The number of para-hydroxylation sites is 2. The maximum absolute atomic E-state index is 5.37. The Morgan fingerprint density at radius 1 is 1.11 bits per heavy atom. The molecule has 0 unspecified atom stereocenters. The van der Waals surface area contributed by atoms with Gasteiger partial charge in [0.05, 0.1) is 19.4 Å². The molecule has 2 N–H and O–H groups in total. The molecular weight excluding hydrogens is 388 g/mol. The van der Waals surface area contributed by atoms with Crippen LogP contribution in [0.15, 0.2) is 58.2 Å². The van der Waals surface area contributed by atoms with E-state index < -0.39 is 0 Å². The van der Waals surface area contributed by atoms with E-state index in [9.17, 15) is 0 Å². The van der Waals surface area contributed by atoms with Gasteiger partial charge in [-0.25, -0.2) is 4.99 Å². The van der Waals surface area contributed by atoms with Gasteiger partial charge >= 0.3 is 0 Å². The molecule has 4 rings (SSSR count). The van der Waals surface area contributed by atoms with Crippen LogP contribution in [-0.4, -0.2) is 16.8 Å². The lowest BCUT2D eigenvalue weighted by Crippen LogP contribution is -2.36. The van der Waals surface area contributed by atoms with Crippen LogP contribution in [0.25, 0.3) is 5.70 Å². The number of aliphatic imine (C=N–C) groups is 1. The van der Waals surface area contributed by atoms with Crippen LogP contribution in [0.4, 0.5) is 5.69 Å². The number of ether oxygens (including phenoxy) is 1. The largest absolute Gasteiger partial charge is 0.494 e. The van der Waals surface area contributed by atoms with Crippen LogP contribution in [0.5, 0.6) is 5.75 Å². The van der Waals surface area contributed by atoms with Crippen molar-refractivity contribution in [3.8, 4) is 5.75 Å². The van der Waals surface area contributed by atoms with E-state index in [-0.39, 0.29) is 0 Å². The smallest absolute Gasteiger partial charge is 0.185 e. The predicted molar refractivity (Wildman–Crippen MR) is 119 cm³/mol. The zero-order valence-corrected chi connectivity index (χ0v) is 17.7. The fraction of sp³-hybridized carbons (Fsp3) is 0.190. The molecule has 28 heavy (non-hydrogen) atoms. The molecule has 0 amide bonds. The van der Waals surface area contributed by atoms with Crippen LogP contribution < -0.4 is 15.6 Å². The third-order valence-corrected chi connectivity index (χ3v) is 6.29. The maximum Gasteiger partial charge on any atom is 0.185 e. The zero-order valence-electron chi connectivity index (χ0n) is 16.0. The van der Waals surface area contributed by atoms with E-state index in [1.807, 2.05) is 24.3 Å². The summed E-state index contributed by atoms with van der Waals surface area (Å²) < 4.78 is 7.72. The number of methoxy groups -OCH3 is 1. The summed E-state index contributed by atoms with van der Waals surface area (Å²) in [5.74, 6) is 0.754. The predicted octanol–water partition coefficient (Wildman–Crippen LogP) is 5.05. The Labute approximate surface area is 173 Å². The van der Waals surface area contributed by atoms with Gasteiger partial charge in [-0.1, -0.05) is 30.0 Å². The summed E-state index contributed by atoms with van der Waals surface area (Å²) in [5, 5.41) is 5.00. The molecule has 0 fully saturated rings. The first kappa shape index (κ1) is 18.7. The molecular formula is C21H22N4OS2. The Morgan fingerprint density at radius 2 is 1.96 bits per heavy atom. The Bertz CT molecular complexity index is 1030. The van der Waals surface area contributed by atoms with Gasteiger partial charge < -0.3 is 9.30 Å². The van der Waals surface area contributed by atoms with E-state index >= 15 is 0 Å². The fourth-order valence-electron chi connectivity index (χ4n) is 3.19. The normalized spacial score (nSPS) is 15.1. The van der Waals surface area contributed by atoms with Crippen LogP contribution in [0.2, 0.25) is 0 Å². The summed E-state index contributed by atoms with van der Waals surface area (Å²) >= 11 is 3.35. The third-order valence-electron chi connectivity index (χ3n) is 4.66. The van der Waals surface area contributed by atoms with Gasteiger partial charge in [-0.05, 0) is 43.5 Å². The van der Waals surface area contributed by atoms with Gasteiger partial charge in [-0.3, -0.25) is 10.9 Å². The molecule has 0 spiro atoms. The minimum Gasteiger partial charge on any atom is -0.494 e. The Hall–Kier alpha value is -2.64. The van der Waals surface area contributed by atoms with Crippen molar-refractivity contribution in [2.75, 3.05) is 7.11 Å². The highest BCUT2D eigenvalue weighted by atomic mass is 32.2. The minimum atomic E-state index is 0.754. The minimum absolute atomic E-state index is 0.754. The van der Waals surface area contributed by atoms with E-state index in [0.29, 0.717) is 0 Å². The quantitative estimate of drug-likeness (QED) is 0.618. The van der Waals surface area contributed by atoms with Crippen LogP contribution >= 0.6 is 23.1 Å². The number of aromatic nitrogens is 1. The molecule has 144 valence electrons. The topological polar surface area (TPSA) is 50.6 Å². The van der Waals surface area contributed by atoms with Crippen molar-refractivity contribution in [2.24, 2.45) is 4.99 Å². The second-order valence-corrected chi connectivity index (χ2v) is 8.33. The standard InChI is InChI=1S/C21H22N4OS2/c1-14-11-17(15(2)25(14)12-16-7-6-10-27-16)19-13-28-21(24-23-19)22-18-8-4-5-9-20(18)26-3/h4-11,13,23H,12H2,1-3H3,(H,22,24). The molecule has 2 aromatic heterocycles. The van der Waals surface area contributed by atoms with E-state index in [4.69, 9.17) is 4.74 Å². The first-order valence-electron chi connectivity index (χ1n) is 8.95. The fourth-order valence-corrected chi connectivity index (χ4v) is 4.56. The molecule has 3 aromatic rings. The van der Waals surface area contributed by atoms with Crippen molar-refractivity contribution in [1.29, 1.82) is 0 Å². The summed E-state index contributed by atoms with van der Waals surface area (Å²) in [4.78, 5) is 6.00. The molecule has 1 aliphatic rings. The highest BCUT2D eigenvalue weighted by Crippen LogP contribution is 2.30. The van der Waals surface area contributed by atoms with E-state index in [1.54, 1.807) is 30.2 Å². The van der Waals surface area contributed by atoms with Crippen molar-refractivity contribution >= 4 is 39.7 Å². The zero-order chi connectivity index (χ0) is 19.5. The van der Waals surface area contributed by atoms with Gasteiger partial charge in [-0.15, -0.1) is 11.3 Å². The molecule has 5 nitrogen and oxygen atoms in total.